The van der Waals surface area contributed by atoms with E-state index in [1.807, 2.05) is 6.92 Å². The van der Waals surface area contributed by atoms with Gasteiger partial charge in [-0.25, -0.2) is 4.98 Å². The molecule has 0 bridgehead atoms. The van der Waals surface area contributed by atoms with Crippen LogP contribution in [0.4, 0.5) is 8.78 Å². The number of halogens is 2. The lowest BCUT2D eigenvalue weighted by molar-refractivity contribution is -0.0494. The fourth-order valence-corrected chi connectivity index (χ4v) is 1.72. The van der Waals surface area contributed by atoms with E-state index in [0.717, 1.165) is 12.4 Å². The molecule has 0 aliphatic rings. The van der Waals surface area contributed by atoms with Gasteiger partial charge in [0, 0.05) is 5.56 Å². The van der Waals surface area contributed by atoms with Crippen molar-refractivity contribution in [2.45, 2.75) is 20.1 Å². The topological polar surface area (TPSA) is 49.9 Å². The smallest absolute Gasteiger partial charge is 0.387 e. The molecule has 1 heterocycles. The largest absolute Gasteiger partial charge is 0.434 e. The summed E-state index contributed by atoms with van der Waals surface area (Å²) in [5.74, 6) is 0.889. The van der Waals surface area contributed by atoms with Crippen LogP contribution < -0.4 is 10.1 Å². The van der Waals surface area contributed by atoms with Gasteiger partial charge in [-0.2, -0.15) is 8.78 Å². The van der Waals surface area contributed by atoms with Gasteiger partial charge < -0.3 is 15.0 Å². The SMILES string of the molecule is CCNCc1ncc(-c2ccccc2OC(F)F)[nH]1. The molecule has 0 saturated carbocycles. The second-order valence-electron chi connectivity index (χ2n) is 3.90. The standard InChI is InChI=1S/C13H15F2N3O/c1-2-16-8-12-17-7-10(18-12)9-5-3-4-6-11(9)19-13(14)15/h3-7,13,16H,2,8H2,1H3,(H,17,18). The van der Waals surface area contributed by atoms with Gasteiger partial charge in [0.05, 0.1) is 18.4 Å². The van der Waals surface area contributed by atoms with E-state index < -0.39 is 6.61 Å². The molecule has 0 radical (unpaired) electrons. The number of alkyl halides is 2. The average Bonchev–Trinajstić information content (AvgIpc) is 2.85. The fourth-order valence-electron chi connectivity index (χ4n) is 1.72. The molecule has 0 atom stereocenters. The number of nitrogens with zero attached hydrogens (tertiary/aromatic N) is 1. The van der Waals surface area contributed by atoms with Crippen molar-refractivity contribution in [2.24, 2.45) is 0 Å². The minimum Gasteiger partial charge on any atom is -0.434 e. The van der Waals surface area contributed by atoms with Crippen molar-refractivity contribution in [1.82, 2.24) is 15.3 Å². The van der Waals surface area contributed by atoms with Gasteiger partial charge >= 0.3 is 6.61 Å². The van der Waals surface area contributed by atoms with Crippen molar-refractivity contribution in [1.29, 1.82) is 0 Å². The van der Waals surface area contributed by atoms with Gasteiger partial charge in [0.1, 0.15) is 11.6 Å². The van der Waals surface area contributed by atoms with Crippen LogP contribution in [0, 0.1) is 0 Å². The maximum atomic E-state index is 12.3. The van der Waals surface area contributed by atoms with Crippen LogP contribution in [0.3, 0.4) is 0 Å². The zero-order chi connectivity index (χ0) is 13.7. The number of aromatic amines is 1. The Morgan fingerprint density at radius 3 is 2.89 bits per heavy atom. The van der Waals surface area contributed by atoms with Gasteiger partial charge in [0.2, 0.25) is 0 Å². The molecule has 19 heavy (non-hydrogen) atoms. The molecule has 0 aliphatic heterocycles. The first kappa shape index (κ1) is 13.5. The predicted octanol–water partition coefficient (Wildman–Crippen LogP) is 2.79. The van der Waals surface area contributed by atoms with Crippen molar-refractivity contribution in [2.75, 3.05) is 6.54 Å². The van der Waals surface area contributed by atoms with E-state index in [9.17, 15) is 8.78 Å². The molecule has 2 rings (SSSR count). The lowest BCUT2D eigenvalue weighted by atomic mass is 10.1. The Hall–Kier alpha value is -1.95. The highest BCUT2D eigenvalue weighted by Gasteiger charge is 2.12. The number of para-hydroxylation sites is 1. The van der Waals surface area contributed by atoms with Crippen LogP contribution >= 0.6 is 0 Å². The Morgan fingerprint density at radius 2 is 2.16 bits per heavy atom. The van der Waals surface area contributed by atoms with Crippen LogP contribution in [-0.4, -0.2) is 23.1 Å². The summed E-state index contributed by atoms with van der Waals surface area (Å²) < 4.78 is 29.2. The van der Waals surface area contributed by atoms with Crippen molar-refractivity contribution >= 4 is 0 Å². The van der Waals surface area contributed by atoms with Gasteiger partial charge in [-0.3, -0.25) is 0 Å². The van der Waals surface area contributed by atoms with E-state index in [-0.39, 0.29) is 5.75 Å². The molecule has 102 valence electrons. The molecule has 0 saturated heterocycles. The summed E-state index contributed by atoms with van der Waals surface area (Å²) in [5, 5.41) is 3.13. The van der Waals surface area contributed by atoms with E-state index >= 15 is 0 Å². The molecule has 0 fully saturated rings. The highest BCUT2D eigenvalue weighted by molar-refractivity contribution is 5.66. The van der Waals surface area contributed by atoms with Crippen molar-refractivity contribution < 1.29 is 13.5 Å². The van der Waals surface area contributed by atoms with Gasteiger partial charge in [-0.15, -0.1) is 0 Å². The Bertz CT molecular complexity index is 528. The van der Waals surface area contributed by atoms with Crippen LogP contribution in [0.2, 0.25) is 0 Å². The van der Waals surface area contributed by atoms with E-state index in [0.29, 0.717) is 17.8 Å². The van der Waals surface area contributed by atoms with E-state index in [1.54, 1.807) is 24.4 Å². The monoisotopic (exact) mass is 267 g/mol. The Labute approximate surface area is 109 Å². The molecule has 0 amide bonds. The van der Waals surface area contributed by atoms with Gasteiger partial charge in [-0.05, 0) is 18.7 Å². The Kier molecular flexibility index (Phi) is 4.46. The van der Waals surface area contributed by atoms with E-state index in [1.165, 1.54) is 6.07 Å². The number of ether oxygens (including phenoxy) is 1. The number of imidazole rings is 1. The third kappa shape index (κ3) is 3.51. The summed E-state index contributed by atoms with van der Waals surface area (Å²) in [5.41, 5.74) is 1.22. The number of hydrogen-bond donors (Lipinski definition) is 2. The summed E-state index contributed by atoms with van der Waals surface area (Å²) in [6.07, 6.45) is 1.61. The zero-order valence-electron chi connectivity index (χ0n) is 10.5. The van der Waals surface area contributed by atoms with Gasteiger partial charge in [0.25, 0.3) is 0 Å². The highest BCUT2D eigenvalue weighted by Crippen LogP contribution is 2.29. The summed E-state index contributed by atoms with van der Waals surface area (Å²) in [6.45, 7) is 0.593. The normalized spacial score (nSPS) is 10.9. The summed E-state index contributed by atoms with van der Waals surface area (Å²) in [7, 11) is 0. The molecule has 2 aromatic rings. The molecule has 4 nitrogen and oxygen atoms in total. The molecular weight excluding hydrogens is 252 g/mol. The van der Waals surface area contributed by atoms with Crippen LogP contribution in [0.15, 0.2) is 30.5 Å². The number of hydrogen-bond acceptors (Lipinski definition) is 3. The molecule has 1 aromatic carbocycles. The first-order valence-electron chi connectivity index (χ1n) is 5.99. The minimum atomic E-state index is -2.84. The van der Waals surface area contributed by atoms with Gasteiger partial charge in [0.15, 0.2) is 0 Å². The summed E-state index contributed by atoms with van der Waals surface area (Å²) >= 11 is 0. The predicted molar refractivity (Wildman–Crippen MR) is 68.0 cm³/mol. The van der Waals surface area contributed by atoms with Crippen LogP contribution in [0.1, 0.15) is 12.7 Å². The van der Waals surface area contributed by atoms with E-state index in [2.05, 4.69) is 20.0 Å². The molecule has 2 N–H and O–H groups in total. The van der Waals surface area contributed by atoms with Crippen molar-refractivity contribution in [3.05, 3.63) is 36.3 Å². The fraction of sp³-hybridized carbons (Fsp3) is 0.308. The zero-order valence-corrected chi connectivity index (χ0v) is 10.5. The Morgan fingerprint density at radius 1 is 1.37 bits per heavy atom. The third-order valence-electron chi connectivity index (χ3n) is 2.56. The lowest BCUT2D eigenvalue weighted by Crippen LogP contribution is -2.12. The molecule has 1 aromatic heterocycles. The first-order chi connectivity index (χ1) is 9.20. The second-order valence-corrected chi connectivity index (χ2v) is 3.90. The van der Waals surface area contributed by atoms with Gasteiger partial charge in [-0.1, -0.05) is 19.1 Å². The summed E-state index contributed by atoms with van der Waals surface area (Å²) in [4.78, 5) is 7.27. The van der Waals surface area contributed by atoms with Crippen LogP contribution in [-0.2, 0) is 6.54 Å². The molecule has 0 aliphatic carbocycles. The van der Waals surface area contributed by atoms with Crippen LogP contribution in [0.25, 0.3) is 11.3 Å². The average molecular weight is 267 g/mol. The quantitative estimate of drug-likeness (QED) is 0.846. The highest BCUT2D eigenvalue weighted by atomic mass is 19.3. The summed E-state index contributed by atoms with van der Waals surface area (Å²) in [6, 6.07) is 6.63. The Balaban J connectivity index is 2.23. The molecular formula is C13H15F2N3O. The maximum Gasteiger partial charge on any atom is 0.387 e. The molecule has 0 spiro atoms. The lowest BCUT2D eigenvalue weighted by Gasteiger charge is -2.08. The number of rotatable bonds is 6. The number of nitrogens with one attached hydrogen (secondary N) is 2. The third-order valence-corrected chi connectivity index (χ3v) is 2.56. The van der Waals surface area contributed by atoms with Crippen molar-refractivity contribution in [3.63, 3.8) is 0 Å². The second kappa shape index (κ2) is 6.29. The minimum absolute atomic E-state index is 0.135. The molecule has 6 heteroatoms. The maximum absolute atomic E-state index is 12.3. The number of aromatic nitrogens is 2. The van der Waals surface area contributed by atoms with E-state index in [4.69, 9.17) is 0 Å². The molecule has 0 unspecified atom stereocenters. The van der Waals surface area contributed by atoms with Crippen LogP contribution in [0.5, 0.6) is 5.75 Å². The van der Waals surface area contributed by atoms with Crippen molar-refractivity contribution in [3.8, 4) is 17.0 Å². The number of benzene rings is 1. The number of H-pyrrole nitrogens is 1. The first-order valence-corrected chi connectivity index (χ1v) is 5.99.